The molecule has 2 fully saturated rings. The molecule has 2 amide bonds. The monoisotopic (exact) mass is 453 g/mol. The summed E-state index contributed by atoms with van der Waals surface area (Å²) in [5, 5.41) is 9.23. The quantitative estimate of drug-likeness (QED) is 0.743. The molecule has 1 N–H and O–H groups in total. The van der Waals surface area contributed by atoms with Gasteiger partial charge in [-0.15, -0.1) is 0 Å². The Morgan fingerprint density at radius 2 is 1.82 bits per heavy atom. The van der Waals surface area contributed by atoms with Crippen molar-refractivity contribution < 1.29 is 19.4 Å². The maximum Gasteiger partial charge on any atom is 0.407 e. The van der Waals surface area contributed by atoms with Gasteiger partial charge in [-0.2, -0.15) is 0 Å². The van der Waals surface area contributed by atoms with Crippen LogP contribution in [0, 0.1) is 0 Å². The number of amides is 2. The fourth-order valence-electron chi connectivity index (χ4n) is 4.35. The number of hydrogen-bond acceptors (Lipinski definition) is 6. The SMILES string of the molecule is C[C@H]1CN(Cc2ccc(N(C)C(=O)c3ccc(N4CCOCC4)nc3)cc2)CCN1C(=O)O. The molecule has 176 valence electrons. The zero-order chi connectivity index (χ0) is 23.4. The second-order valence-electron chi connectivity index (χ2n) is 8.60. The van der Waals surface area contributed by atoms with E-state index in [0.717, 1.165) is 36.7 Å². The van der Waals surface area contributed by atoms with Gasteiger partial charge in [-0.05, 0) is 36.8 Å². The zero-order valence-corrected chi connectivity index (χ0v) is 19.2. The molecule has 0 radical (unpaired) electrons. The standard InChI is InChI=1S/C24H31N5O4/c1-18-16-27(9-10-29(18)24(31)32)17-19-3-6-21(7-4-19)26(2)23(30)20-5-8-22(25-15-20)28-11-13-33-14-12-28/h3-8,15,18H,9-14,16-17H2,1-2H3,(H,31,32)/t18-/m0/s1. The molecule has 1 aromatic heterocycles. The van der Waals surface area contributed by atoms with Gasteiger partial charge in [-0.25, -0.2) is 9.78 Å². The summed E-state index contributed by atoms with van der Waals surface area (Å²) in [6.45, 7) is 7.63. The second kappa shape index (κ2) is 10.2. The van der Waals surface area contributed by atoms with Crippen molar-refractivity contribution in [3.63, 3.8) is 0 Å². The number of pyridine rings is 1. The maximum atomic E-state index is 12.9. The molecule has 3 heterocycles. The van der Waals surface area contributed by atoms with Crippen LogP contribution >= 0.6 is 0 Å². The van der Waals surface area contributed by atoms with Crippen LogP contribution in [0.25, 0.3) is 0 Å². The van der Waals surface area contributed by atoms with E-state index in [9.17, 15) is 14.7 Å². The van der Waals surface area contributed by atoms with E-state index in [4.69, 9.17) is 4.74 Å². The van der Waals surface area contributed by atoms with Crippen molar-refractivity contribution in [2.75, 3.05) is 62.8 Å². The van der Waals surface area contributed by atoms with Crippen molar-refractivity contribution in [3.05, 3.63) is 53.7 Å². The summed E-state index contributed by atoms with van der Waals surface area (Å²) < 4.78 is 5.38. The normalized spacial score (nSPS) is 19.4. The first-order valence-corrected chi connectivity index (χ1v) is 11.3. The van der Waals surface area contributed by atoms with Crippen LogP contribution in [0.5, 0.6) is 0 Å². The average Bonchev–Trinajstić information content (AvgIpc) is 2.84. The number of hydrogen-bond donors (Lipinski definition) is 1. The predicted octanol–water partition coefficient (Wildman–Crippen LogP) is 2.38. The Hall–Kier alpha value is -3.17. The number of ether oxygens (including phenoxy) is 1. The average molecular weight is 454 g/mol. The van der Waals surface area contributed by atoms with Gasteiger partial charge in [-0.1, -0.05) is 12.1 Å². The maximum absolute atomic E-state index is 12.9. The molecule has 0 saturated carbocycles. The van der Waals surface area contributed by atoms with Crippen molar-refractivity contribution in [2.45, 2.75) is 19.5 Å². The molecule has 0 aliphatic carbocycles. The third kappa shape index (κ3) is 5.43. The minimum atomic E-state index is -0.856. The number of anilines is 2. The van der Waals surface area contributed by atoms with E-state index in [1.165, 1.54) is 4.90 Å². The van der Waals surface area contributed by atoms with Crippen LogP contribution < -0.4 is 9.80 Å². The van der Waals surface area contributed by atoms with E-state index in [-0.39, 0.29) is 11.9 Å². The number of aromatic nitrogens is 1. The van der Waals surface area contributed by atoms with Crippen LogP contribution in [0.4, 0.5) is 16.3 Å². The predicted molar refractivity (Wildman–Crippen MR) is 126 cm³/mol. The van der Waals surface area contributed by atoms with E-state index in [1.54, 1.807) is 18.1 Å². The number of carbonyl (C=O) groups excluding carboxylic acids is 1. The van der Waals surface area contributed by atoms with Gasteiger partial charge in [0.25, 0.3) is 5.91 Å². The van der Waals surface area contributed by atoms with Crippen LogP contribution in [0.1, 0.15) is 22.8 Å². The van der Waals surface area contributed by atoms with E-state index in [0.29, 0.717) is 38.4 Å². The number of nitrogens with zero attached hydrogens (tertiary/aromatic N) is 5. The van der Waals surface area contributed by atoms with Crippen LogP contribution in [0.2, 0.25) is 0 Å². The highest BCUT2D eigenvalue weighted by atomic mass is 16.5. The third-order valence-electron chi connectivity index (χ3n) is 6.32. The summed E-state index contributed by atoms with van der Waals surface area (Å²) in [5.41, 5.74) is 2.49. The molecule has 0 spiro atoms. The van der Waals surface area contributed by atoms with Gasteiger partial charge in [0.2, 0.25) is 0 Å². The van der Waals surface area contributed by atoms with Gasteiger partial charge in [0, 0.05) is 64.2 Å². The van der Waals surface area contributed by atoms with E-state index < -0.39 is 6.09 Å². The molecule has 2 aromatic rings. The molecule has 33 heavy (non-hydrogen) atoms. The van der Waals surface area contributed by atoms with Crippen molar-refractivity contribution in [2.24, 2.45) is 0 Å². The number of carboxylic acid groups (broad SMARTS) is 1. The smallest absolute Gasteiger partial charge is 0.407 e. The van der Waals surface area contributed by atoms with E-state index in [1.807, 2.05) is 43.3 Å². The molecule has 4 rings (SSSR count). The number of benzene rings is 1. The first-order valence-electron chi connectivity index (χ1n) is 11.3. The summed E-state index contributed by atoms with van der Waals surface area (Å²) in [7, 11) is 1.76. The molecule has 9 nitrogen and oxygen atoms in total. The van der Waals surface area contributed by atoms with Gasteiger partial charge in [0.05, 0.1) is 18.8 Å². The molecule has 9 heteroatoms. The Labute approximate surface area is 194 Å². The summed E-state index contributed by atoms with van der Waals surface area (Å²) in [6.07, 6.45) is 0.779. The molecule has 1 aromatic carbocycles. The largest absolute Gasteiger partial charge is 0.465 e. The Morgan fingerprint density at radius 1 is 1.09 bits per heavy atom. The summed E-state index contributed by atoms with van der Waals surface area (Å²) >= 11 is 0. The molecule has 0 bridgehead atoms. The first-order chi connectivity index (χ1) is 15.9. The molecule has 0 unspecified atom stereocenters. The van der Waals surface area contributed by atoms with Gasteiger partial charge >= 0.3 is 6.09 Å². The number of piperazine rings is 1. The minimum Gasteiger partial charge on any atom is -0.465 e. The molecule has 1 atom stereocenters. The summed E-state index contributed by atoms with van der Waals surface area (Å²) in [4.78, 5) is 36.2. The third-order valence-corrected chi connectivity index (χ3v) is 6.32. The molecule has 2 aliphatic heterocycles. The van der Waals surface area contributed by atoms with Crippen molar-refractivity contribution in [1.29, 1.82) is 0 Å². The van der Waals surface area contributed by atoms with Crippen molar-refractivity contribution >= 4 is 23.5 Å². The van der Waals surface area contributed by atoms with Crippen LogP contribution in [0.3, 0.4) is 0 Å². The zero-order valence-electron chi connectivity index (χ0n) is 19.2. The number of carbonyl (C=O) groups is 2. The van der Waals surface area contributed by atoms with E-state index >= 15 is 0 Å². The van der Waals surface area contributed by atoms with Gasteiger partial charge in [-0.3, -0.25) is 9.69 Å². The van der Waals surface area contributed by atoms with Gasteiger partial charge in [0.15, 0.2) is 0 Å². The highest BCUT2D eigenvalue weighted by Gasteiger charge is 2.27. The highest BCUT2D eigenvalue weighted by Crippen LogP contribution is 2.20. The molecular weight excluding hydrogens is 422 g/mol. The number of rotatable bonds is 5. The first kappa shape index (κ1) is 23.0. The van der Waals surface area contributed by atoms with Gasteiger partial charge < -0.3 is 24.5 Å². The lowest BCUT2D eigenvalue weighted by Gasteiger charge is -2.38. The molecular formula is C24H31N5O4. The van der Waals surface area contributed by atoms with Crippen LogP contribution in [0.15, 0.2) is 42.6 Å². The van der Waals surface area contributed by atoms with Crippen LogP contribution in [-0.2, 0) is 11.3 Å². The lowest BCUT2D eigenvalue weighted by atomic mass is 10.1. The van der Waals surface area contributed by atoms with Crippen LogP contribution in [-0.4, -0.2) is 90.9 Å². The Kier molecular flexibility index (Phi) is 7.10. The lowest BCUT2D eigenvalue weighted by Crippen LogP contribution is -2.53. The second-order valence-corrected chi connectivity index (χ2v) is 8.60. The lowest BCUT2D eigenvalue weighted by molar-refractivity contribution is 0.0711. The number of morpholine rings is 1. The summed E-state index contributed by atoms with van der Waals surface area (Å²) in [6, 6.07) is 11.6. The Balaban J connectivity index is 1.34. The topological polar surface area (TPSA) is 89.5 Å². The minimum absolute atomic E-state index is 0.0254. The van der Waals surface area contributed by atoms with E-state index in [2.05, 4.69) is 14.8 Å². The summed E-state index contributed by atoms with van der Waals surface area (Å²) in [5.74, 6) is 0.753. The molecule has 2 saturated heterocycles. The Bertz CT molecular complexity index is 960. The fourth-order valence-corrected chi connectivity index (χ4v) is 4.35. The van der Waals surface area contributed by atoms with Crippen molar-refractivity contribution in [1.82, 2.24) is 14.8 Å². The Morgan fingerprint density at radius 3 is 2.42 bits per heavy atom. The highest BCUT2D eigenvalue weighted by molar-refractivity contribution is 6.05. The van der Waals surface area contributed by atoms with Crippen molar-refractivity contribution in [3.8, 4) is 0 Å². The van der Waals surface area contributed by atoms with Gasteiger partial charge in [0.1, 0.15) is 5.82 Å². The molecule has 2 aliphatic rings. The fraction of sp³-hybridized carbons (Fsp3) is 0.458.